The van der Waals surface area contributed by atoms with Crippen molar-refractivity contribution >= 4 is 43.2 Å². The summed E-state index contributed by atoms with van der Waals surface area (Å²) in [5, 5.41) is 3.86. The van der Waals surface area contributed by atoms with Crippen molar-refractivity contribution in [2.24, 2.45) is 7.05 Å². The lowest BCUT2D eigenvalue weighted by Gasteiger charge is -2.11. The van der Waals surface area contributed by atoms with Crippen molar-refractivity contribution in [1.29, 1.82) is 0 Å². The van der Waals surface area contributed by atoms with E-state index in [1.54, 1.807) is 12.1 Å². The molecule has 0 bridgehead atoms. The Bertz CT molecular complexity index is 728. The van der Waals surface area contributed by atoms with E-state index in [4.69, 9.17) is 11.6 Å². The summed E-state index contributed by atoms with van der Waals surface area (Å²) in [5.41, 5.74) is 2.37. The van der Waals surface area contributed by atoms with E-state index in [0.29, 0.717) is 5.69 Å². The maximum absolute atomic E-state index is 12.3. The smallest absolute Gasteiger partial charge is 0.278 e. The van der Waals surface area contributed by atoms with Gasteiger partial charge >= 0.3 is 0 Å². The van der Waals surface area contributed by atoms with E-state index in [1.807, 2.05) is 13.8 Å². The molecule has 0 saturated carbocycles. The third kappa shape index (κ3) is 2.84. The third-order valence-corrected chi connectivity index (χ3v) is 5.92. The first-order chi connectivity index (χ1) is 9.22. The highest BCUT2D eigenvalue weighted by atomic mass is 79.9. The zero-order chi connectivity index (χ0) is 15.1. The predicted molar refractivity (Wildman–Crippen MR) is 82.6 cm³/mol. The van der Waals surface area contributed by atoms with E-state index in [1.165, 1.54) is 17.9 Å². The number of sulfonamides is 1. The SMILES string of the molecule is Cc1cc(NS(=O)(=O)c2c(Cl)cnn2C)cc(C)c1Br. The van der Waals surface area contributed by atoms with Crippen LogP contribution in [0.5, 0.6) is 0 Å². The van der Waals surface area contributed by atoms with Gasteiger partial charge in [0.2, 0.25) is 0 Å². The quantitative estimate of drug-likeness (QED) is 0.891. The van der Waals surface area contributed by atoms with E-state index in [-0.39, 0.29) is 10.0 Å². The highest BCUT2D eigenvalue weighted by Crippen LogP contribution is 2.28. The minimum atomic E-state index is -3.77. The van der Waals surface area contributed by atoms with Gasteiger partial charge in [0.05, 0.1) is 11.2 Å². The molecule has 2 aromatic rings. The molecule has 0 unspecified atom stereocenters. The summed E-state index contributed by atoms with van der Waals surface area (Å²) >= 11 is 9.32. The number of aromatic nitrogens is 2. The van der Waals surface area contributed by atoms with Crippen molar-refractivity contribution in [2.45, 2.75) is 18.9 Å². The fourth-order valence-corrected chi connectivity index (χ4v) is 3.84. The summed E-state index contributed by atoms with van der Waals surface area (Å²) in [7, 11) is -2.25. The molecule has 108 valence electrons. The van der Waals surface area contributed by atoms with Gasteiger partial charge in [-0.05, 0) is 37.1 Å². The van der Waals surface area contributed by atoms with Gasteiger partial charge in [0.15, 0.2) is 5.03 Å². The molecule has 0 atom stereocenters. The Kier molecular flexibility index (Phi) is 4.13. The fourth-order valence-electron chi connectivity index (χ4n) is 1.91. The third-order valence-electron chi connectivity index (χ3n) is 2.79. The van der Waals surface area contributed by atoms with E-state index in [0.717, 1.165) is 15.6 Å². The Labute approximate surface area is 131 Å². The Morgan fingerprint density at radius 1 is 1.30 bits per heavy atom. The van der Waals surface area contributed by atoms with Gasteiger partial charge in [0.1, 0.15) is 0 Å². The normalized spacial score (nSPS) is 11.7. The van der Waals surface area contributed by atoms with Gasteiger partial charge in [0.25, 0.3) is 10.0 Å². The van der Waals surface area contributed by atoms with Crippen LogP contribution >= 0.6 is 27.5 Å². The summed E-state index contributed by atoms with van der Waals surface area (Å²) in [5.74, 6) is 0. The Hall–Kier alpha value is -1.05. The summed E-state index contributed by atoms with van der Waals surface area (Å²) < 4.78 is 29.4. The van der Waals surface area contributed by atoms with Crippen LogP contribution in [0.4, 0.5) is 5.69 Å². The van der Waals surface area contributed by atoms with E-state index in [2.05, 4.69) is 25.8 Å². The minimum absolute atomic E-state index is 0.0580. The number of nitrogens with zero attached hydrogens (tertiary/aromatic N) is 2. The number of hydrogen-bond donors (Lipinski definition) is 1. The molecule has 0 radical (unpaired) electrons. The van der Waals surface area contributed by atoms with Gasteiger partial charge in [-0.1, -0.05) is 27.5 Å². The van der Waals surface area contributed by atoms with Gasteiger partial charge in [-0.15, -0.1) is 0 Å². The first-order valence-corrected chi connectivity index (χ1v) is 8.35. The van der Waals surface area contributed by atoms with Crippen LogP contribution < -0.4 is 4.72 Å². The maximum Gasteiger partial charge on any atom is 0.280 e. The van der Waals surface area contributed by atoms with Crippen LogP contribution in [0.15, 0.2) is 27.8 Å². The number of benzene rings is 1. The van der Waals surface area contributed by atoms with Crippen molar-refractivity contribution in [1.82, 2.24) is 9.78 Å². The minimum Gasteiger partial charge on any atom is -0.278 e. The second-order valence-corrected chi connectivity index (χ2v) is 7.25. The lowest BCUT2D eigenvalue weighted by atomic mass is 10.1. The van der Waals surface area contributed by atoms with Gasteiger partial charge in [-0.25, -0.2) is 0 Å². The zero-order valence-corrected chi connectivity index (χ0v) is 14.3. The van der Waals surface area contributed by atoms with Crippen LogP contribution in [0.2, 0.25) is 5.02 Å². The van der Waals surface area contributed by atoms with E-state index < -0.39 is 10.0 Å². The molecular formula is C12H13BrClN3O2S. The molecule has 8 heteroatoms. The largest absolute Gasteiger partial charge is 0.280 e. The summed E-state index contributed by atoms with van der Waals surface area (Å²) in [4.78, 5) is 0. The van der Waals surface area contributed by atoms with Crippen LogP contribution in [-0.4, -0.2) is 18.2 Å². The monoisotopic (exact) mass is 377 g/mol. The molecule has 0 aliphatic heterocycles. The zero-order valence-electron chi connectivity index (χ0n) is 11.1. The molecule has 1 aromatic carbocycles. The van der Waals surface area contributed by atoms with Gasteiger partial charge in [0, 0.05) is 17.2 Å². The molecule has 0 fully saturated rings. The lowest BCUT2D eigenvalue weighted by Crippen LogP contribution is -2.17. The number of rotatable bonds is 3. The number of anilines is 1. The highest BCUT2D eigenvalue weighted by Gasteiger charge is 2.23. The van der Waals surface area contributed by atoms with Crippen LogP contribution in [0.25, 0.3) is 0 Å². The Morgan fingerprint density at radius 3 is 2.30 bits per heavy atom. The first-order valence-electron chi connectivity index (χ1n) is 5.69. The summed E-state index contributed by atoms with van der Waals surface area (Å²) in [6.45, 7) is 3.79. The number of hydrogen-bond acceptors (Lipinski definition) is 3. The molecule has 1 heterocycles. The Balaban J connectivity index is 2.44. The molecule has 5 nitrogen and oxygen atoms in total. The van der Waals surface area contributed by atoms with Crippen molar-refractivity contribution in [3.05, 3.63) is 39.0 Å². The first kappa shape index (κ1) is 15.3. The van der Waals surface area contributed by atoms with Crippen molar-refractivity contribution in [3.8, 4) is 0 Å². The molecule has 20 heavy (non-hydrogen) atoms. The van der Waals surface area contributed by atoms with E-state index >= 15 is 0 Å². The van der Waals surface area contributed by atoms with Crippen LogP contribution in [0, 0.1) is 13.8 Å². The molecule has 1 N–H and O–H groups in total. The molecule has 0 saturated heterocycles. The van der Waals surface area contributed by atoms with E-state index in [9.17, 15) is 8.42 Å². The standard InChI is InChI=1S/C12H13BrClN3O2S/c1-7-4-9(5-8(2)11(7)13)16-20(18,19)12-10(14)6-15-17(12)3/h4-6,16H,1-3H3. The van der Waals surface area contributed by atoms with Crippen molar-refractivity contribution in [2.75, 3.05) is 4.72 Å². The number of nitrogens with one attached hydrogen (secondary N) is 1. The van der Waals surface area contributed by atoms with Gasteiger partial charge in [-0.3, -0.25) is 9.40 Å². The second kappa shape index (κ2) is 5.38. The average molecular weight is 379 g/mol. The number of aryl methyl sites for hydroxylation is 3. The summed E-state index contributed by atoms with van der Waals surface area (Å²) in [6.07, 6.45) is 1.30. The second-order valence-electron chi connectivity index (χ2n) is 4.45. The maximum atomic E-state index is 12.3. The molecule has 0 aliphatic carbocycles. The van der Waals surface area contributed by atoms with Crippen LogP contribution in [0.1, 0.15) is 11.1 Å². The Morgan fingerprint density at radius 2 is 1.85 bits per heavy atom. The van der Waals surface area contributed by atoms with Gasteiger partial charge < -0.3 is 0 Å². The molecule has 0 aliphatic rings. The molecule has 0 amide bonds. The van der Waals surface area contributed by atoms with Crippen molar-refractivity contribution in [3.63, 3.8) is 0 Å². The van der Waals surface area contributed by atoms with Gasteiger partial charge in [-0.2, -0.15) is 13.5 Å². The highest BCUT2D eigenvalue weighted by molar-refractivity contribution is 9.10. The molecule has 1 aromatic heterocycles. The van der Waals surface area contributed by atoms with Crippen LogP contribution in [-0.2, 0) is 17.1 Å². The lowest BCUT2D eigenvalue weighted by molar-refractivity contribution is 0.582. The summed E-state index contributed by atoms with van der Waals surface area (Å²) in [6, 6.07) is 3.50. The predicted octanol–water partition coefficient (Wildman–Crippen LogP) is 3.25. The fraction of sp³-hybridized carbons (Fsp3) is 0.250. The average Bonchev–Trinajstić information content (AvgIpc) is 2.66. The van der Waals surface area contributed by atoms with Crippen LogP contribution in [0.3, 0.4) is 0 Å². The molecule has 0 spiro atoms. The topological polar surface area (TPSA) is 64.0 Å². The molecular weight excluding hydrogens is 366 g/mol. The number of halogens is 2. The molecule has 2 rings (SSSR count). The van der Waals surface area contributed by atoms with Crippen molar-refractivity contribution < 1.29 is 8.42 Å².